The van der Waals surface area contributed by atoms with E-state index in [9.17, 15) is 4.39 Å². The number of nitrogens with one attached hydrogen (secondary N) is 1. The Morgan fingerprint density at radius 2 is 1.95 bits per heavy atom. The van der Waals surface area contributed by atoms with Crippen LogP contribution in [0, 0.1) is 17.2 Å². The van der Waals surface area contributed by atoms with Gasteiger partial charge in [-0.2, -0.15) is 0 Å². The van der Waals surface area contributed by atoms with E-state index in [0.717, 1.165) is 29.4 Å². The molecule has 0 amide bonds. The van der Waals surface area contributed by atoms with Gasteiger partial charge in [0.1, 0.15) is 5.82 Å². The Hall–Kier alpha value is -0.410. The molecule has 1 nitrogen and oxygen atoms in total. The van der Waals surface area contributed by atoms with Gasteiger partial charge in [-0.1, -0.05) is 56.6 Å². The SMILES string of the molecule is CCNC(Cc1ccc(Br)cc1F)CC(C)C(C)(C)C. The molecule has 0 bridgehead atoms. The first-order valence-corrected chi connectivity index (χ1v) is 8.20. The lowest BCUT2D eigenvalue weighted by Gasteiger charge is -2.31. The van der Waals surface area contributed by atoms with Crippen LogP contribution in [0.25, 0.3) is 0 Å². The molecule has 1 N–H and O–H groups in total. The van der Waals surface area contributed by atoms with Crippen molar-refractivity contribution in [2.75, 3.05) is 6.54 Å². The van der Waals surface area contributed by atoms with Crippen LogP contribution in [-0.4, -0.2) is 12.6 Å². The van der Waals surface area contributed by atoms with E-state index in [4.69, 9.17) is 0 Å². The first kappa shape index (κ1) is 17.6. The molecule has 0 aliphatic heterocycles. The Morgan fingerprint density at radius 3 is 2.45 bits per heavy atom. The molecule has 0 radical (unpaired) electrons. The largest absolute Gasteiger partial charge is 0.314 e. The maximum absolute atomic E-state index is 14.0. The Labute approximate surface area is 131 Å². The summed E-state index contributed by atoms with van der Waals surface area (Å²) in [6, 6.07) is 5.66. The molecule has 0 heterocycles. The number of rotatable bonds is 6. The van der Waals surface area contributed by atoms with Crippen molar-refractivity contribution < 1.29 is 4.39 Å². The molecular weight excluding hydrogens is 317 g/mol. The van der Waals surface area contributed by atoms with Crippen LogP contribution in [0.4, 0.5) is 4.39 Å². The number of hydrogen-bond acceptors (Lipinski definition) is 1. The van der Waals surface area contributed by atoms with Crippen LogP contribution in [-0.2, 0) is 6.42 Å². The van der Waals surface area contributed by atoms with Gasteiger partial charge in [0, 0.05) is 10.5 Å². The second-order valence-corrected chi connectivity index (χ2v) is 7.61. The fourth-order valence-electron chi connectivity index (χ4n) is 2.26. The Kier molecular flexibility index (Phi) is 6.67. The molecule has 0 saturated carbocycles. The van der Waals surface area contributed by atoms with Crippen LogP contribution >= 0.6 is 15.9 Å². The lowest BCUT2D eigenvalue weighted by molar-refractivity contribution is 0.222. The van der Waals surface area contributed by atoms with Crippen molar-refractivity contribution in [2.45, 2.75) is 53.5 Å². The maximum atomic E-state index is 14.0. The minimum Gasteiger partial charge on any atom is -0.314 e. The lowest BCUT2D eigenvalue weighted by atomic mass is 9.78. The third-order valence-corrected chi connectivity index (χ3v) is 4.58. The molecule has 1 aromatic carbocycles. The molecule has 0 spiro atoms. The van der Waals surface area contributed by atoms with Gasteiger partial charge >= 0.3 is 0 Å². The van der Waals surface area contributed by atoms with Gasteiger partial charge in [-0.15, -0.1) is 0 Å². The number of likely N-dealkylation sites (N-methyl/N-ethyl adjacent to an activating group) is 1. The molecule has 20 heavy (non-hydrogen) atoms. The van der Waals surface area contributed by atoms with Crippen molar-refractivity contribution >= 4 is 15.9 Å². The van der Waals surface area contributed by atoms with Crippen molar-refractivity contribution in [3.63, 3.8) is 0 Å². The monoisotopic (exact) mass is 343 g/mol. The van der Waals surface area contributed by atoms with Gasteiger partial charge in [-0.25, -0.2) is 4.39 Å². The average molecular weight is 344 g/mol. The Morgan fingerprint density at radius 1 is 1.30 bits per heavy atom. The lowest BCUT2D eigenvalue weighted by Crippen LogP contribution is -2.35. The van der Waals surface area contributed by atoms with Gasteiger partial charge in [0.05, 0.1) is 0 Å². The predicted octanol–water partition coefficient (Wildman–Crippen LogP) is 5.18. The van der Waals surface area contributed by atoms with E-state index in [1.54, 1.807) is 6.07 Å². The highest BCUT2D eigenvalue weighted by atomic mass is 79.9. The highest BCUT2D eigenvalue weighted by molar-refractivity contribution is 9.10. The zero-order valence-corrected chi connectivity index (χ0v) is 14.8. The molecule has 2 unspecified atom stereocenters. The van der Waals surface area contributed by atoms with Gasteiger partial charge in [0.15, 0.2) is 0 Å². The highest BCUT2D eigenvalue weighted by Crippen LogP contribution is 2.30. The van der Waals surface area contributed by atoms with E-state index < -0.39 is 0 Å². The molecule has 0 fully saturated rings. The molecule has 0 aromatic heterocycles. The zero-order chi connectivity index (χ0) is 15.3. The van der Waals surface area contributed by atoms with E-state index in [2.05, 4.69) is 55.9 Å². The van der Waals surface area contributed by atoms with Crippen molar-refractivity contribution in [2.24, 2.45) is 11.3 Å². The van der Waals surface area contributed by atoms with Crippen LogP contribution in [0.5, 0.6) is 0 Å². The zero-order valence-electron chi connectivity index (χ0n) is 13.3. The predicted molar refractivity (Wildman–Crippen MR) is 88.5 cm³/mol. The summed E-state index contributed by atoms with van der Waals surface area (Å²) < 4.78 is 14.8. The molecule has 0 saturated heterocycles. The van der Waals surface area contributed by atoms with Crippen molar-refractivity contribution in [3.05, 3.63) is 34.1 Å². The summed E-state index contributed by atoms with van der Waals surface area (Å²) in [5.74, 6) is 0.468. The molecule has 1 rings (SSSR count). The molecule has 0 aliphatic rings. The van der Waals surface area contributed by atoms with E-state index >= 15 is 0 Å². The first-order chi connectivity index (χ1) is 9.24. The van der Waals surface area contributed by atoms with Gasteiger partial charge in [0.2, 0.25) is 0 Å². The fourth-order valence-corrected chi connectivity index (χ4v) is 2.59. The van der Waals surface area contributed by atoms with Gasteiger partial charge in [-0.05, 0) is 48.4 Å². The average Bonchev–Trinajstić information content (AvgIpc) is 2.31. The molecule has 0 aliphatic carbocycles. The van der Waals surface area contributed by atoms with Gasteiger partial charge in [0.25, 0.3) is 0 Å². The second kappa shape index (κ2) is 7.56. The summed E-state index contributed by atoms with van der Waals surface area (Å²) >= 11 is 3.30. The summed E-state index contributed by atoms with van der Waals surface area (Å²) in [6.07, 6.45) is 1.81. The normalized spacial score (nSPS) is 15.2. The summed E-state index contributed by atoms with van der Waals surface area (Å²) in [6.45, 7) is 12.1. The maximum Gasteiger partial charge on any atom is 0.127 e. The fraction of sp³-hybridized carbons (Fsp3) is 0.647. The van der Waals surface area contributed by atoms with Crippen LogP contribution in [0.15, 0.2) is 22.7 Å². The highest BCUT2D eigenvalue weighted by Gasteiger charge is 2.24. The van der Waals surface area contributed by atoms with Gasteiger partial charge < -0.3 is 5.32 Å². The third kappa shape index (κ3) is 5.53. The van der Waals surface area contributed by atoms with Crippen LogP contribution in [0.2, 0.25) is 0 Å². The molecule has 2 atom stereocenters. The van der Waals surface area contributed by atoms with Crippen molar-refractivity contribution in [1.82, 2.24) is 5.32 Å². The van der Waals surface area contributed by atoms with E-state index in [0.29, 0.717) is 12.0 Å². The van der Waals surface area contributed by atoms with Crippen LogP contribution in [0.3, 0.4) is 0 Å². The topological polar surface area (TPSA) is 12.0 Å². The Bertz CT molecular complexity index is 425. The van der Waals surface area contributed by atoms with E-state index in [1.165, 1.54) is 0 Å². The van der Waals surface area contributed by atoms with Crippen LogP contribution in [0.1, 0.15) is 46.6 Å². The van der Waals surface area contributed by atoms with E-state index in [-0.39, 0.29) is 11.2 Å². The quantitative estimate of drug-likeness (QED) is 0.750. The van der Waals surface area contributed by atoms with Gasteiger partial charge in [-0.3, -0.25) is 0 Å². The molecule has 114 valence electrons. The number of halogens is 2. The Balaban J connectivity index is 2.76. The summed E-state index contributed by atoms with van der Waals surface area (Å²) in [5, 5.41) is 3.50. The molecule has 1 aromatic rings. The summed E-state index contributed by atoms with van der Waals surface area (Å²) in [7, 11) is 0. The molecular formula is C17H27BrFN. The third-order valence-electron chi connectivity index (χ3n) is 4.09. The minimum atomic E-state index is -0.120. The van der Waals surface area contributed by atoms with Crippen molar-refractivity contribution in [3.8, 4) is 0 Å². The summed E-state index contributed by atoms with van der Waals surface area (Å²) in [4.78, 5) is 0. The van der Waals surface area contributed by atoms with Crippen LogP contribution < -0.4 is 5.32 Å². The summed E-state index contributed by atoms with van der Waals surface area (Å²) in [5.41, 5.74) is 1.08. The van der Waals surface area contributed by atoms with E-state index in [1.807, 2.05) is 12.1 Å². The van der Waals surface area contributed by atoms with Crippen molar-refractivity contribution in [1.29, 1.82) is 0 Å². The second-order valence-electron chi connectivity index (χ2n) is 6.70. The molecule has 3 heteroatoms. The number of hydrogen-bond donors (Lipinski definition) is 1. The minimum absolute atomic E-state index is 0.120. The number of benzene rings is 1. The smallest absolute Gasteiger partial charge is 0.127 e. The first-order valence-electron chi connectivity index (χ1n) is 7.41. The standard InChI is InChI=1S/C17H27BrFN/c1-6-20-15(9-12(2)17(3,4)5)10-13-7-8-14(18)11-16(13)19/h7-8,11-12,15,20H,6,9-10H2,1-5H3.